The van der Waals surface area contributed by atoms with Gasteiger partial charge in [0.2, 0.25) is 0 Å². The molecule has 1 aliphatic rings. The summed E-state index contributed by atoms with van der Waals surface area (Å²) < 4.78 is 6.06. The molecular weight excluding hydrogens is 358 g/mol. The van der Waals surface area contributed by atoms with Crippen LogP contribution in [0.15, 0.2) is 79.1 Å². The van der Waals surface area contributed by atoms with Gasteiger partial charge in [0.1, 0.15) is 12.4 Å². The highest BCUT2D eigenvalue weighted by atomic mass is 16.5. The molecule has 0 saturated carbocycles. The van der Waals surface area contributed by atoms with Crippen LogP contribution in [0.5, 0.6) is 5.75 Å². The molecule has 29 heavy (non-hydrogen) atoms. The van der Waals surface area contributed by atoms with Gasteiger partial charge in [-0.1, -0.05) is 54.6 Å². The van der Waals surface area contributed by atoms with Crippen molar-refractivity contribution in [3.05, 3.63) is 95.8 Å². The van der Waals surface area contributed by atoms with Crippen molar-refractivity contribution < 1.29 is 4.74 Å². The van der Waals surface area contributed by atoms with Gasteiger partial charge in [-0.3, -0.25) is 9.88 Å². The molecule has 1 N–H and O–H groups in total. The van der Waals surface area contributed by atoms with E-state index < -0.39 is 0 Å². The molecule has 0 atom stereocenters. The molecule has 2 aromatic carbocycles. The SMILES string of the molecule is c1ccc(CN2CCC(NCc3ccccc3OCc3cccnc3)CC2)cc1. The highest BCUT2D eigenvalue weighted by Gasteiger charge is 2.19. The van der Waals surface area contributed by atoms with Crippen molar-refractivity contribution in [1.82, 2.24) is 15.2 Å². The van der Waals surface area contributed by atoms with Crippen molar-refractivity contribution in [1.29, 1.82) is 0 Å². The molecule has 0 unspecified atom stereocenters. The summed E-state index contributed by atoms with van der Waals surface area (Å²) in [5.41, 5.74) is 3.70. The lowest BCUT2D eigenvalue weighted by Crippen LogP contribution is -2.41. The zero-order valence-electron chi connectivity index (χ0n) is 16.8. The minimum absolute atomic E-state index is 0.544. The van der Waals surface area contributed by atoms with E-state index in [9.17, 15) is 0 Å². The first-order chi connectivity index (χ1) is 14.4. The summed E-state index contributed by atoms with van der Waals surface area (Å²) in [5.74, 6) is 0.949. The van der Waals surface area contributed by atoms with Crippen LogP contribution in [0.3, 0.4) is 0 Å². The fourth-order valence-electron chi connectivity index (χ4n) is 3.83. The minimum Gasteiger partial charge on any atom is -0.489 e. The Hall–Kier alpha value is -2.69. The maximum absolute atomic E-state index is 6.06. The van der Waals surface area contributed by atoms with E-state index in [1.807, 2.05) is 24.4 Å². The van der Waals surface area contributed by atoms with Gasteiger partial charge in [0.25, 0.3) is 0 Å². The van der Waals surface area contributed by atoms with Gasteiger partial charge in [-0.2, -0.15) is 0 Å². The number of aromatic nitrogens is 1. The summed E-state index contributed by atoms with van der Waals surface area (Å²) >= 11 is 0. The van der Waals surface area contributed by atoms with Crippen LogP contribution in [0, 0.1) is 0 Å². The maximum Gasteiger partial charge on any atom is 0.124 e. The molecule has 1 aromatic heterocycles. The van der Waals surface area contributed by atoms with Crippen LogP contribution in [0.1, 0.15) is 29.5 Å². The Morgan fingerprint density at radius 1 is 0.897 bits per heavy atom. The Kier molecular flexibility index (Phi) is 6.89. The van der Waals surface area contributed by atoms with Gasteiger partial charge in [0.15, 0.2) is 0 Å². The maximum atomic E-state index is 6.06. The molecule has 4 nitrogen and oxygen atoms in total. The van der Waals surface area contributed by atoms with E-state index in [1.165, 1.54) is 24.0 Å². The Bertz CT molecular complexity index is 862. The van der Waals surface area contributed by atoms with Crippen molar-refractivity contribution in [3.8, 4) is 5.75 Å². The number of likely N-dealkylation sites (tertiary alicyclic amines) is 1. The van der Waals surface area contributed by atoms with Gasteiger partial charge in [-0.05, 0) is 43.6 Å². The summed E-state index contributed by atoms with van der Waals surface area (Å²) in [5, 5.41) is 3.74. The van der Waals surface area contributed by atoms with Crippen LogP contribution in [-0.2, 0) is 19.7 Å². The van der Waals surface area contributed by atoms with Gasteiger partial charge < -0.3 is 10.1 Å². The highest BCUT2D eigenvalue weighted by molar-refractivity contribution is 5.33. The molecule has 150 valence electrons. The van der Waals surface area contributed by atoms with Crippen molar-refractivity contribution >= 4 is 0 Å². The summed E-state index contributed by atoms with van der Waals surface area (Å²) in [6.07, 6.45) is 6.01. The van der Waals surface area contributed by atoms with Gasteiger partial charge in [0, 0.05) is 42.7 Å². The van der Waals surface area contributed by atoms with Crippen LogP contribution in [0.2, 0.25) is 0 Å². The smallest absolute Gasteiger partial charge is 0.124 e. The number of benzene rings is 2. The number of para-hydroxylation sites is 1. The van der Waals surface area contributed by atoms with Gasteiger partial charge in [0.05, 0.1) is 0 Å². The molecule has 4 heteroatoms. The van der Waals surface area contributed by atoms with E-state index >= 15 is 0 Å². The lowest BCUT2D eigenvalue weighted by atomic mass is 10.0. The van der Waals surface area contributed by atoms with Gasteiger partial charge >= 0.3 is 0 Å². The summed E-state index contributed by atoms with van der Waals surface area (Å²) in [6, 6.07) is 23.6. The Morgan fingerprint density at radius 2 is 1.66 bits per heavy atom. The summed E-state index contributed by atoms with van der Waals surface area (Å²) in [6.45, 7) is 4.73. The monoisotopic (exact) mass is 387 g/mol. The predicted octanol–water partition coefficient (Wildman–Crippen LogP) is 4.41. The first-order valence-corrected chi connectivity index (χ1v) is 10.5. The zero-order valence-corrected chi connectivity index (χ0v) is 16.8. The molecular formula is C25H29N3O. The molecule has 0 bridgehead atoms. The number of nitrogens with one attached hydrogen (secondary N) is 1. The normalized spacial score (nSPS) is 15.3. The average molecular weight is 388 g/mol. The van der Waals surface area contributed by atoms with Crippen molar-refractivity contribution in [3.63, 3.8) is 0 Å². The second kappa shape index (κ2) is 10.2. The molecule has 4 rings (SSSR count). The minimum atomic E-state index is 0.544. The quantitative estimate of drug-likeness (QED) is 0.621. The van der Waals surface area contributed by atoms with Crippen LogP contribution >= 0.6 is 0 Å². The third-order valence-electron chi connectivity index (χ3n) is 5.51. The highest BCUT2D eigenvalue weighted by Crippen LogP contribution is 2.20. The van der Waals surface area contributed by atoms with Crippen molar-refractivity contribution in [2.45, 2.75) is 38.6 Å². The molecule has 1 saturated heterocycles. The van der Waals surface area contributed by atoms with Gasteiger partial charge in [-0.15, -0.1) is 0 Å². The Morgan fingerprint density at radius 3 is 2.45 bits per heavy atom. The van der Waals surface area contributed by atoms with E-state index in [4.69, 9.17) is 4.74 Å². The standard InChI is InChI=1S/C25H29N3O/c1-2-7-21(8-3-1)19-28-15-12-24(13-16-28)27-18-23-10-4-5-11-25(23)29-20-22-9-6-14-26-17-22/h1-11,14,17,24,27H,12-13,15-16,18-20H2. The molecule has 2 heterocycles. The molecule has 0 spiro atoms. The van der Waals surface area contributed by atoms with Crippen LogP contribution in [0.25, 0.3) is 0 Å². The predicted molar refractivity (Wildman–Crippen MR) is 117 cm³/mol. The fourth-order valence-corrected chi connectivity index (χ4v) is 3.83. The number of hydrogen-bond acceptors (Lipinski definition) is 4. The summed E-state index contributed by atoms with van der Waals surface area (Å²) in [4.78, 5) is 6.71. The third kappa shape index (κ3) is 5.89. The van der Waals surface area contributed by atoms with Crippen LogP contribution < -0.4 is 10.1 Å². The van der Waals surface area contributed by atoms with E-state index in [1.54, 1.807) is 6.20 Å². The topological polar surface area (TPSA) is 37.4 Å². The number of rotatable bonds is 8. The average Bonchev–Trinajstić information content (AvgIpc) is 2.79. The number of ether oxygens (including phenoxy) is 1. The number of piperidine rings is 1. The van der Waals surface area contributed by atoms with Crippen molar-refractivity contribution in [2.75, 3.05) is 13.1 Å². The second-order valence-electron chi connectivity index (χ2n) is 7.67. The van der Waals surface area contributed by atoms with Crippen LogP contribution in [-0.4, -0.2) is 29.0 Å². The molecule has 1 aliphatic heterocycles. The molecule has 3 aromatic rings. The second-order valence-corrected chi connectivity index (χ2v) is 7.67. The zero-order chi connectivity index (χ0) is 19.7. The Labute approximate surface area is 173 Å². The van der Waals surface area contributed by atoms with Gasteiger partial charge in [-0.25, -0.2) is 0 Å². The van der Waals surface area contributed by atoms with Crippen LogP contribution in [0.4, 0.5) is 0 Å². The molecule has 0 amide bonds. The summed E-state index contributed by atoms with van der Waals surface area (Å²) in [7, 11) is 0. The lowest BCUT2D eigenvalue weighted by molar-refractivity contribution is 0.189. The van der Waals surface area contributed by atoms with E-state index in [0.29, 0.717) is 12.6 Å². The largest absolute Gasteiger partial charge is 0.489 e. The fraction of sp³-hybridized carbons (Fsp3) is 0.320. The number of hydrogen-bond donors (Lipinski definition) is 1. The Balaban J connectivity index is 1.24. The third-order valence-corrected chi connectivity index (χ3v) is 5.51. The van der Waals surface area contributed by atoms with E-state index in [-0.39, 0.29) is 0 Å². The molecule has 0 aliphatic carbocycles. The molecule has 1 fully saturated rings. The lowest BCUT2D eigenvalue weighted by Gasteiger charge is -2.32. The van der Waals surface area contributed by atoms with Crippen molar-refractivity contribution in [2.24, 2.45) is 0 Å². The number of pyridine rings is 1. The molecule has 0 radical (unpaired) electrons. The first kappa shape index (κ1) is 19.6. The van der Waals surface area contributed by atoms with E-state index in [2.05, 4.69) is 63.7 Å². The van der Waals surface area contributed by atoms with E-state index in [0.717, 1.165) is 37.5 Å². The number of nitrogens with zero attached hydrogens (tertiary/aromatic N) is 2. The first-order valence-electron chi connectivity index (χ1n) is 10.5.